The molecule has 0 aliphatic rings. The molecule has 0 bridgehead atoms. The second-order valence-electron chi connectivity index (χ2n) is 7.94. The summed E-state index contributed by atoms with van der Waals surface area (Å²) in [5.41, 5.74) is 14.5. The van der Waals surface area contributed by atoms with Crippen molar-refractivity contribution in [3.63, 3.8) is 0 Å². The number of hydrogen-bond donors (Lipinski definition) is 2. The van der Waals surface area contributed by atoms with E-state index in [1.54, 1.807) is 24.3 Å². The predicted molar refractivity (Wildman–Crippen MR) is 137 cm³/mol. The first-order valence-corrected chi connectivity index (χ1v) is 11.5. The maximum absolute atomic E-state index is 12.1. The minimum Gasteiger partial charge on any atom is -0.490 e. The van der Waals surface area contributed by atoms with E-state index in [4.69, 9.17) is 25.7 Å². The van der Waals surface area contributed by atoms with E-state index in [9.17, 15) is 9.59 Å². The number of carbonyl (C=O) groups is 2. The van der Waals surface area contributed by atoms with Crippen LogP contribution in [0.4, 0.5) is 11.4 Å². The number of esters is 2. The van der Waals surface area contributed by atoms with Gasteiger partial charge in [0.2, 0.25) is 0 Å². The molecule has 7 heteroatoms. The Labute approximate surface area is 205 Å². The molecule has 4 N–H and O–H groups in total. The minimum atomic E-state index is -0.521. The van der Waals surface area contributed by atoms with Crippen LogP contribution in [0.25, 0.3) is 6.08 Å². The highest BCUT2D eigenvalue weighted by Gasteiger charge is 2.09. The molecule has 3 rings (SSSR count). The number of hydrogen-bond acceptors (Lipinski definition) is 7. The SMILES string of the molecule is CCCCc1ccc(OC(=O)C=Cc2ccc(OCCOC(=O)c3cc(N)cc(N)c3)cc2)cc1. The van der Waals surface area contributed by atoms with Gasteiger partial charge in [-0.1, -0.05) is 37.6 Å². The Morgan fingerprint density at radius 1 is 0.857 bits per heavy atom. The van der Waals surface area contributed by atoms with Crippen LogP contribution in [0.3, 0.4) is 0 Å². The van der Waals surface area contributed by atoms with Crippen molar-refractivity contribution < 1.29 is 23.8 Å². The third-order valence-corrected chi connectivity index (χ3v) is 5.05. The summed E-state index contributed by atoms with van der Waals surface area (Å²) < 4.78 is 16.1. The van der Waals surface area contributed by atoms with Gasteiger partial charge in [-0.2, -0.15) is 0 Å². The molecular formula is C28H30N2O5. The van der Waals surface area contributed by atoms with Crippen molar-refractivity contribution in [2.75, 3.05) is 24.7 Å². The van der Waals surface area contributed by atoms with Gasteiger partial charge in [0, 0.05) is 17.5 Å². The fourth-order valence-electron chi connectivity index (χ4n) is 3.27. The Bertz CT molecular complexity index is 1130. The standard InChI is InChI=1S/C28H30N2O5/c1-2-3-4-20-7-12-26(13-8-20)35-27(31)14-9-21-5-10-25(11-6-21)33-15-16-34-28(32)22-17-23(29)19-24(30)18-22/h5-14,17-19H,2-4,15-16,29-30H2,1H3. The average molecular weight is 475 g/mol. The number of anilines is 2. The summed E-state index contributed by atoms with van der Waals surface area (Å²) >= 11 is 0. The molecule has 0 saturated heterocycles. The Balaban J connectivity index is 1.40. The molecule has 0 radical (unpaired) electrons. The second kappa shape index (κ2) is 12.8. The zero-order valence-electron chi connectivity index (χ0n) is 19.7. The molecule has 182 valence electrons. The van der Waals surface area contributed by atoms with Crippen molar-refractivity contribution in [2.24, 2.45) is 0 Å². The number of nitrogens with two attached hydrogens (primary N) is 2. The third kappa shape index (κ3) is 8.55. The lowest BCUT2D eigenvalue weighted by atomic mass is 10.1. The second-order valence-corrected chi connectivity index (χ2v) is 7.94. The molecule has 0 heterocycles. The summed E-state index contributed by atoms with van der Waals surface area (Å²) in [4.78, 5) is 24.2. The van der Waals surface area contributed by atoms with Crippen molar-refractivity contribution in [3.8, 4) is 11.5 Å². The van der Waals surface area contributed by atoms with Crippen LogP contribution >= 0.6 is 0 Å². The van der Waals surface area contributed by atoms with Gasteiger partial charge in [-0.25, -0.2) is 9.59 Å². The van der Waals surface area contributed by atoms with E-state index in [-0.39, 0.29) is 13.2 Å². The lowest BCUT2D eigenvalue weighted by Gasteiger charge is -2.08. The van der Waals surface area contributed by atoms with Crippen LogP contribution in [0.1, 0.15) is 41.3 Å². The van der Waals surface area contributed by atoms with Crippen LogP contribution in [0.15, 0.2) is 72.8 Å². The summed E-state index contributed by atoms with van der Waals surface area (Å²) in [5.74, 6) is 0.156. The van der Waals surface area contributed by atoms with E-state index < -0.39 is 11.9 Å². The van der Waals surface area contributed by atoms with Gasteiger partial charge in [0.05, 0.1) is 5.56 Å². The molecule has 0 unspecified atom stereocenters. The van der Waals surface area contributed by atoms with E-state index in [2.05, 4.69) is 6.92 Å². The molecule has 3 aromatic rings. The number of rotatable bonds is 11. The van der Waals surface area contributed by atoms with E-state index in [1.807, 2.05) is 36.4 Å². The minimum absolute atomic E-state index is 0.0701. The monoisotopic (exact) mass is 474 g/mol. The van der Waals surface area contributed by atoms with Gasteiger partial charge in [0.15, 0.2) is 0 Å². The van der Waals surface area contributed by atoms with Crippen LogP contribution in [0, 0.1) is 0 Å². The van der Waals surface area contributed by atoms with Crippen LogP contribution < -0.4 is 20.9 Å². The highest BCUT2D eigenvalue weighted by Crippen LogP contribution is 2.17. The van der Waals surface area contributed by atoms with Crippen molar-refractivity contribution in [3.05, 3.63) is 89.5 Å². The smallest absolute Gasteiger partial charge is 0.338 e. The van der Waals surface area contributed by atoms with Gasteiger partial charge < -0.3 is 25.7 Å². The van der Waals surface area contributed by atoms with Crippen LogP contribution in [-0.2, 0) is 16.0 Å². The Hall–Kier alpha value is -4.26. The van der Waals surface area contributed by atoms with Crippen LogP contribution in [0.2, 0.25) is 0 Å². The predicted octanol–water partition coefficient (Wildman–Crippen LogP) is 5.05. The number of unbranched alkanes of at least 4 members (excludes halogenated alkanes) is 1. The molecule has 0 fully saturated rings. The normalized spacial score (nSPS) is 10.8. The molecule has 0 atom stereocenters. The Morgan fingerprint density at radius 2 is 1.51 bits per heavy atom. The van der Waals surface area contributed by atoms with E-state index in [1.165, 1.54) is 23.8 Å². The van der Waals surface area contributed by atoms with Gasteiger partial charge in [0.25, 0.3) is 0 Å². The van der Waals surface area contributed by atoms with E-state index >= 15 is 0 Å². The Morgan fingerprint density at radius 3 is 2.17 bits per heavy atom. The average Bonchev–Trinajstić information content (AvgIpc) is 2.85. The maximum Gasteiger partial charge on any atom is 0.338 e. The molecule has 0 aromatic heterocycles. The number of aryl methyl sites for hydroxylation is 1. The summed E-state index contributed by atoms with van der Waals surface area (Å²) in [6, 6.07) is 19.3. The topological polar surface area (TPSA) is 114 Å². The van der Waals surface area contributed by atoms with Gasteiger partial charge in [-0.3, -0.25) is 0 Å². The number of ether oxygens (including phenoxy) is 3. The molecule has 0 aliphatic carbocycles. The number of nitrogen functional groups attached to an aromatic ring is 2. The lowest BCUT2D eigenvalue weighted by molar-refractivity contribution is -0.128. The largest absolute Gasteiger partial charge is 0.490 e. The fraction of sp³-hybridized carbons (Fsp3) is 0.214. The van der Waals surface area contributed by atoms with Gasteiger partial charge >= 0.3 is 11.9 Å². The number of benzene rings is 3. The molecule has 7 nitrogen and oxygen atoms in total. The van der Waals surface area contributed by atoms with Gasteiger partial charge in [-0.15, -0.1) is 0 Å². The summed E-state index contributed by atoms with van der Waals surface area (Å²) in [5, 5.41) is 0. The molecular weight excluding hydrogens is 444 g/mol. The highest BCUT2D eigenvalue weighted by atomic mass is 16.6. The zero-order chi connectivity index (χ0) is 25.0. The quantitative estimate of drug-likeness (QED) is 0.131. The van der Waals surface area contributed by atoms with Crippen molar-refractivity contribution >= 4 is 29.4 Å². The van der Waals surface area contributed by atoms with Crippen molar-refractivity contribution in [1.29, 1.82) is 0 Å². The molecule has 0 aliphatic heterocycles. The molecule has 3 aromatic carbocycles. The summed E-state index contributed by atoms with van der Waals surface area (Å²) in [6.45, 7) is 2.41. The van der Waals surface area contributed by atoms with Crippen molar-refractivity contribution in [2.45, 2.75) is 26.2 Å². The first kappa shape index (κ1) is 25.4. The number of carbonyl (C=O) groups excluding carboxylic acids is 2. The summed E-state index contributed by atoms with van der Waals surface area (Å²) in [6.07, 6.45) is 6.35. The van der Waals surface area contributed by atoms with E-state index in [0.29, 0.717) is 28.4 Å². The van der Waals surface area contributed by atoms with Gasteiger partial charge in [0.1, 0.15) is 24.7 Å². The molecule has 35 heavy (non-hydrogen) atoms. The van der Waals surface area contributed by atoms with Crippen LogP contribution in [0.5, 0.6) is 11.5 Å². The van der Waals surface area contributed by atoms with E-state index in [0.717, 1.165) is 24.8 Å². The molecule has 0 spiro atoms. The van der Waals surface area contributed by atoms with Crippen molar-refractivity contribution in [1.82, 2.24) is 0 Å². The maximum atomic E-state index is 12.1. The lowest BCUT2D eigenvalue weighted by Crippen LogP contribution is -2.13. The van der Waals surface area contributed by atoms with Gasteiger partial charge in [-0.05, 0) is 72.5 Å². The molecule has 0 amide bonds. The third-order valence-electron chi connectivity index (χ3n) is 5.05. The summed E-state index contributed by atoms with van der Waals surface area (Å²) in [7, 11) is 0. The Kier molecular flexibility index (Phi) is 9.31. The zero-order valence-corrected chi connectivity index (χ0v) is 19.7. The first-order chi connectivity index (χ1) is 16.9. The molecule has 0 saturated carbocycles. The fourth-order valence-corrected chi connectivity index (χ4v) is 3.27. The highest BCUT2D eigenvalue weighted by molar-refractivity contribution is 5.91. The van der Waals surface area contributed by atoms with Crippen LogP contribution in [-0.4, -0.2) is 25.2 Å². The first-order valence-electron chi connectivity index (χ1n) is 11.5.